The van der Waals surface area contributed by atoms with Crippen LogP contribution in [0.15, 0.2) is 18.2 Å². The number of nitrogens with zero attached hydrogens (tertiary/aromatic N) is 1. The molecular weight excluding hydrogens is 184 g/mol. The largest absolute Gasteiger partial charge is 0.326 e. The lowest BCUT2D eigenvalue weighted by atomic mass is 10.00. The Morgan fingerprint density at radius 1 is 1.13 bits per heavy atom. The molecular formula is C13H16N2. The van der Waals surface area contributed by atoms with Gasteiger partial charge in [-0.05, 0) is 43.5 Å². The Morgan fingerprint density at radius 3 is 2.47 bits per heavy atom. The number of aryl methyl sites for hydroxylation is 3. The van der Waals surface area contributed by atoms with Crippen molar-refractivity contribution in [3.63, 3.8) is 0 Å². The fraction of sp³-hybridized carbons (Fsp3) is 0.308. The number of hydrogen-bond acceptors (Lipinski definition) is 2. The van der Waals surface area contributed by atoms with E-state index in [9.17, 15) is 0 Å². The lowest BCUT2D eigenvalue weighted by molar-refractivity contribution is 1.06. The molecule has 0 unspecified atom stereocenters. The van der Waals surface area contributed by atoms with Gasteiger partial charge in [-0.1, -0.05) is 12.1 Å². The zero-order chi connectivity index (χ0) is 11.0. The van der Waals surface area contributed by atoms with Crippen molar-refractivity contribution >= 4 is 10.9 Å². The summed E-state index contributed by atoms with van der Waals surface area (Å²) in [6.45, 7) is 6.79. The molecule has 0 amide bonds. The van der Waals surface area contributed by atoms with Gasteiger partial charge in [0, 0.05) is 17.6 Å². The van der Waals surface area contributed by atoms with Gasteiger partial charge in [0.05, 0.1) is 5.52 Å². The highest BCUT2D eigenvalue weighted by molar-refractivity contribution is 5.88. The first-order valence-electron chi connectivity index (χ1n) is 5.20. The van der Waals surface area contributed by atoms with Crippen molar-refractivity contribution in [1.29, 1.82) is 0 Å². The maximum atomic E-state index is 5.78. The molecule has 15 heavy (non-hydrogen) atoms. The average Bonchev–Trinajstić information content (AvgIpc) is 2.22. The van der Waals surface area contributed by atoms with Gasteiger partial charge in [-0.3, -0.25) is 4.98 Å². The van der Waals surface area contributed by atoms with Crippen LogP contribution in [0.1, 0.15) is 22.4 Å². The van der Waals surface area contributed by atoms with Crippen LogP contribution in [0.4, 0.5) is 0 Å². The molecule has 0 atom stereocenters. The van der Waals surface area contributed by atoms with Crippen molar-refractivity contribution in [3.05, 3.63) is 40.6 Å². The molecule has 0 saturated carbocycles. The zero-order valence-corrected chi connectivity index (χ0v) is 9.46. The van der Waals surface area contributed by atoms with Gasteiger partial charge in [-0.15, -0.1) is 0 Å². The highest BCUT2D eigenvalue weighted by atomic mass is 14.7. The molecule has 0 saturated heterocycles. The van der Waals surface area contributed by atoms with E-state index in [1.54, 1.807) is 0 Å². The third-order valence-electron chi connectivity index (χ3n) is 2.80. The third kappa shape index (κ3) is 1.61. The van der Waals surface area contributed by atoms with Crippen molar-refractivity contribution in [2.75, 3.05) is 0 Å². The smallest absolute Gasteiger partial charge is 0.0740 e. The second-order valence-corrected chi connectivity index (χ2v) is 4.05. The Balaban J connectivity index is 2.95. The molecule has 2 N–H and O–H groups in total. The van der Waals surface area contributed by atoms with Gasteiger partial charge in [0.15, 0.2) is 0 Å². The van der Waals surface area contributed by atoms with E-state index in [1.165, 1.54) is 22.1 Å². The van der Waals surface area contributed by atoms with Crippen molar-refractivity contribution in [2.45, 2.75) is 27.3 Å². The Bertz CT molecular complexity index is 515. The SMILES string of the molecule is Cc1cc(CN)c2c(C)ccc(C)c2n1. The second kappa shape index (κ2) is 3.63. The van der Waals surface area contributed by atoms with Crippen LogP contribution in [0.5, 0.6) is 0 Å². The van der Waals surface area contributed by atoms with E-state index < -0.39 is 0 Å². The lowest BCUT2D eigenvalue weighted by Crippen LogP contribution is -2.01. The number of pyridine rings is 1. The van der Waals surface area contributed by atoms with Gasteiger partial charge < -0.3 is 5.73 Å². The van der Waals surface area contributed by atoms with Crippen LogP contribution >= 0.6 is 0 Å². The molecule has 2 rings (SSSR count). The van der Waals surface area contributed by atoms with E-state index in [0.29, 0.717) is 6.54 Å². The summed E-state index contributed by atoms with van der Waals surface area (Å²) in [6, 6.07) is 6.33. The van der Waals surface area contributed by atoms with Crippen molar-refractivity contribution in [2.24, 2.45) is 5.73 Å². The van der Waals surface area contributed by atoms with E-state index >= 15 is 0 Å². The average molecular weight is 200 g/mol. The Hall–Kier alpha value is -1.41. The first-order chi connectivity index (χ1) is 7.13. The Morgan fingerprint density at radius 2 is 1.80 bits per heavy atom. The maximum absolute atomic E-state index is 5.78. The van der Waals surface area contributed by atoms with E-state index in [1.807, 2.05) is 6.92 Å². The minimum absolute atomic E-state index is 0.574. The quantitative estimate of drug-likeness (QED) is 0.768. The summed E-state index contributed by atoms with van der Waals surface area (Å²) in [5.74, 6) is 0. The molecule has 2 aromatic rings. The topological polar surface area (TPSA) is 38.9 Å². The van der Waals surface area contributed by atoms with Gasteiger partial charge in [0.25, 0.3) is 0 Å². The maximum Gasteiger partial charge on any atom is 0.0740 e. The van der Waals surface area contributed by atoms with Crippen LogP contribution in [0.3, 0.4) is 0 Å². The molecule has 2 heteroatoms. The lowest BCUT2D eigenvalue weighted by Gasteiger charge is -2.10. The van der Waals surface area contributed by atoms with Crippen LogP contribution in [0.2, 0.25) is 0 Å². The van der Waals surface area contributed by atoms with Gasteiger partial charge in [-0.2, -0.15) is 0 Å². The predicted molar refractivity (Wildman–Crippen MR) is 63.8 cm³/mol. The molecule has 0 radical (unpaired) electrons. The minimum Gasteiger partial charge on any atom is -0.326 e. The fourth-order valence-corrected chi connectivity index (χ4v) is 2.04. The molecule has 78 valence electrons. The van der Waals surface area contributed by atoms with E-state index in [-0.39, 0.29) is 0 Å². The number of nitrogens with two attached hydrogens (primary N) is 1. The van der Waals surface area contributed by atoms with Crippen molar-refractivity contribution in [3.8, 4) is 0 Å². The van der Waals surface area contributed by atoms with E-state index in [4.69, 9.17) is 5.73 Å². The van der Waals surface area contributed by atoms with Crippen LogP contribution in [0, 0.1) is 20.8 Å². The van der Waals surface area contributed by atoms with Gasteiger partial charge in [-0.25, -0.2) is 0 Å². The van der Waals surface area contributed by atoms with Crippen molar-refractivity contribution < 1.29 is 0 Å². The molecule has 0 spiro atoms. The predicted octanol–water partition coefficient (Wildman–Crippen LogP) is 2.62. The first-order valence-corrected chi connectivity index (χ1v) is 5.20. The highest BCUT2D eigenvalue weighted by Gasteiger charge is 2.07. The highest BCUT2D eigenvalue weighted by Crippen LogP contribution is 2.24. The second-order valence-electron chi connectivity index (χ2n) is 4.05. The van der Waals surface area contributed by atoms with Gasteiger partial charge in [0.1, 0.15) is 0 Å². The summed E-state index contributed by atoms with van der Waals surface area (Å²) >= 11 is 0. The minimum atomic E-state index is 0.574. The Kier molecular flexibility index (Phi) is 2.45. The number of fused-ring (bicyclic) bond motifs is 1. The van der Waals surface area contributed by atoms with E-state index in [0.717, 1.165) is 11.2 Å². The fourth-order valence-electron chi connectivity index (χ4n) is 2.04. The normalized spacial score (nSPS) is 10.9. The van der Waals surface area contributed by atoms with Crippen LogP contribution in [-0.4, -0.2) is 4.98 Å². The standard InChI is InChI=1S/C13H16N2/c1-8-4-5-9(2)13-12(8)11(7-14)6-10(3)15-13/h4-6H,7,14H2,1-3H3. The zero-order valence-electron chi connectivity index (χ0n) is 9.46. The summed E-state index contributed by atoms with van der Waals surface area (Å²) in [5, 5.41) is 1.23. The molecule has 0 aliphatic carbocycles. The number of hydrogen-bond donors (Lipinski definition) is 1. The van der Waals surface area contributed by atoms with Crippen LogP contribution < -0.4 is 5.73 Å². The molecule has 2 nitrogen and oxygen atoms in total. The molecule has 1 heterocycles. The summed E-state index contributed by atoms with van der Waals surface area (Å²) in [6.07, 6.45) is 0. The molecule has 0 fully saturated rings. The molecule has 1 aromatic heterocycles. The monoisotopic (exact) mass is 200 g/mol. The number of aromatic nitrogens is 1. The molecule has 0 aliphatic rings. The van der Waals surface area contributed by atoms with Crippen LogP contribution in [0.25, 0.3) is 10.9 Å². The van der Waals surface area contributed by atoms with Gasteiger partial charge >= 0.3 is 0 Å². The van der Waals surface area contributed by atoms with Crippen LogP contribution in [-0.2, 0) is 6.54 Å². The Labute approximate surface area is 90.1 Å². The molecule has 0 bridgehead atoms. The summed E-state index contributed by atoms with van der Waals surface area (Å²) in [7, 11) is 0. The summed E-state index contributed by atoms with van der Waals surface area (Å²) in [5.41, 5.74) is 11.6. The van der Waals surface area contributed by atoms with Gasteiger partial charge in [0.2, 0.25) is 0 Å². The number of benzene rings is 1. The summed E-state index contributed by atoms with van der Waals surface area (Å²) < 4.78 is 0. The number of rotatable bonds is 1. The molecule has 1 aromatic carbocycles. The molecule has 0 aliphatic heterocycles. The summed E-state index contributed by atoms with van der Waals surface area (Å²) in [4.78, 5) is 4.59. The van der Waals surface area contributed by atoms with E-state index in [2.05, 4.69) is 37.0 Å². The first kappa shape index (κ1) is 10.1. The van der Waals surface area contributed by atoms with Crippen molar-refractivity contribution in [1.82, 2.24) is 4.98 Å². The third-order valence-corrected chi connectivity index (χ3v) is 2.80.